The highest BCUT2D eigenvalue weighted by atomic mass is 19.1. The molecule has 0 heterocycles. The van der Waals surface area contributed by atoms with E-state index in [4.69, 9.17) is 15.2 Å². The fourth-order valence-corrected chi connectivity index (χ4v) is 1.40. The topological polar surface area (TPSA) is 78.6 Å². The maximum absolute atomic E-state index is 13.4. The molecule has 1 aromatic rings. The van der Waals surface area contributed by atoms with Crippen molar-refractivity contribution in [3.05, 3.63) is 29.1 Å². The maximum atomic E-state index is 13.4. The van der Waals surface area contributed by atoms with Gasteiger partial charge in [-0.3, -0.25) is 0 Å². The molecule has 0 aromatic heterocycles. The fourth-order valence-electron chi connectivity index (χ4n) is 1.40. The van der Waals surface area contributed by atoms with Gasteiger partial charge in [0.05, 0.1) is 12.2 Å². The van der Waals surface area contributed by atoms with Gasteiger partial charge in [0.2, 0.25) is 0 Å². The molecule has 0 aliphatic carbocycles. The van der Waals surface area contributed by atoms with Crippen molar-refractivity contribution in [1.29, 1.82) is 0 Å². The van der Waals surface area contributed by atoms with Crippen molar-refractivity contribution in [3.63, 3.8) is 0 Å². The Kier molecular flexibility index (Phi) is 5.96. The van der Waals surface area contributed by atoms with E-state index in [0.29, 0.717) is 6.61 Å². The summed E-state index contributed by atoms with van der Waals surface area (Å²) in [4.78, 5) is 22.9. The van der Waals surface area contributed by atoms with Crippen molar-refractivity contribution >= 4 is 17.6 Å². The van der Waals surface area contributed by atoms with Crippen LogP contribution < -0.4 is 5.73 Å². The molecule has 0 bridgehead atoms. The number of benzene rings is 1. The van der Waals surface area contributed by atoms with Gasteiger partial charge in [0, 0.05) is 11.3 Å². The number of carbonyl (C=O) groups excluding carboxylic acids is 2. The van der Waals surface area contributed by atoms with Crippen LogP contribution in [-0.4, -0.2) is 25.2 Å². The number of ether oxygens (including phenoxy) is 2. The van der Waals surface area contributed by atoms with Crippen LogP contribution in [0, 0.1) is 12.7 Å². The summed E-state index contributed by atoms with van der Waals surface area (Å²) in [7, 11) is 0. The SMILES string of the molecule is CCCCOC(=O)COC(=O)c1cc(N)c(C)c(F)c1. The van der Waals surface area contributed by atoms with Crippen LogP contribution in [-0.2, 0) is 14.3 Å². The third-order valence-corrected chi connectivity index (χ3v) is 2.70. The van der Waals surface area contributed by atoms with Gasteiger partial charge in [-0.05, 0) is 25.5 Å². The predicted octanol–water partition coefficient (Wildman–Crippen LogP) is 2.22. The van der Waals surface area contributed by atoms with Crippen molar-refractivity contribution in [2.75, 3.05) is 18.9 Å². The average Bonchev–Trinajstić information content (AvgIpc) is 2.41. The minimum Gasteiger partial charge on any atom is -0.463 e. The van der Waals surface area contributed by atoms with Gasteiger partial charge in [0.25, 0.3) is 0 Å². The van der Waals surface area contributed by atoms with Gasteiger partial charge in [0.15, 0.2) is 6.61 Å². The van der Waals surface area contributed by atoms with E-state index in [9.17, 15) is 14.0 Å². The van der Waals surface area contributed by atoms with Crippen LogP contribution in [0.4, 0.5) is 10.1 Å². The fraction of sp³-hybridized carbons (Fsp3) is 0.429. The van der Waals surface area contributed by atoms with E-state index < -0.39 is 24.4 Å². The smallest absolute Gasteiger partial charge is 0.344 e. The van der Waals surface area contributed by atoms with Gasteiger partial charge in [-0.1, -0.05) is 13.3 Å². The van der Waals surface area contributed by atoms with Crippen molar-refractivity contribution in [1.82, 2.24) is 0 Å². The molecule has 0 fully saturated rings. The highest BCUT2D eigenvalue weighted by Gasteiger charge is 2.14. The number of anilines is 1. The minimum atomic E-state index is -0.817. The Hall–Kier alpha value is -2.11. The molecular weight excluding hydrogens is 265 g/mol. The van der Waals surface area contributed by atoms with Crippen LogP contribution in [0.15, 0.2) is 12.1 Å². The second kappa shape index (κ2) is 7.47. The van der Waals surface area contributed by atoms with E-state index in [1.165, 1.54) is 13.0 Å². The Balaban J connectivity index is 2.53. The Bertz CT molecular complexity index is 479. The van der Waals surface area contributed by atoms with Gasteiger partial charge < -0.3 is 15.2 Å². The molecule has 2 N–H and O–H groups in total. The van der Waals surface area contributed by atoms with Gasteiger partial charge in [0.1, 0.15) is 5.82 Å². The Morgan fingerprint density at radius 3 is 2.60 bits per heavy atom. The zero-order valence-electron chi connectivity index (χ0n) is 11.6. The molecular formula is C14H18FNO4. The van der Waals surface area contributed by atoms with Crippen LogP contribution in [0.1, 0.15) is 35.7 Å². The lowest BCUT2D eigenvalue weighted by molar-refractivity contribution is -0.147. The van der Waals surface area contributed by atoms with Crippen molar-refractivity contribution in [2.45, 2.75) is 26.7 Å². The van der Waals surface area contributed by atoms with Crippen molar-refractivity contribution in [3.8, 4) is 0 Å². The summed E-state index contributed by atoms with van der Waals surface area (Å²) in [6.07, 6.45) is 1.65. The van der Waals surface area contributed by atoms with E-state index in [2.05, 4.69) is 0 Å². The van der Waals surface area contributed by atoms with E-state index in [0.717, 1.165) is 18.9 Å². The largest absolute Gasteiger partial charge is 0.463 e. The van der Waals surface area contributed by atoms with Gasteiger partial charge in [-0.25, -0.2) is 14.0 Å². The summed E-state index contributed by atoms with van der Waals surface area (Å²) in [5, 5.41) is 0. The van der Waals surface area contributed by atoms with Crippen molar-refractivity contribution in [2.24, 2.45) is 0 Å². The molecule has 6 heteroatoms. The Morgan fingerprint density at radius 1 is 1.30 bits per heavy atom. The predicted molar refractivity (Wildman–Crippen MR) is 71.7 cm³/mol. The molecule has 5 nitrogen and oxygen atoms in total. The lowest BCUT2D eigenvalue weighted by Crippen LogP contribution is -2.17. The number of hydrogen-bond acceptors (Lipinski definition) is 5. The van der Waals surface area contributed by atoms with Crippen LogP contribution in [0.25, 0.3) is 0 Å². The maximum Gasteiger partial charge on any atom is 0.344 e. The average molecular weight is 283 g/mol. The standard InChI is InChI=1S/C14H18FNO4/c1-3-4-5-19-13(17)8-20-14(18)10-6-11(15)9(2)12(16)7-10/h6-7H,3-5,8,16H2,1-2H3. The number of esters is 2. The molecule has 0 aliphatic heterocycles. The molecule has 0 aliphatic rings. The van der Waals surface area contributed by atoms with Crippen LogP contribution in [0.5, 0.6) is 0 Å². The molecule has 0 atom stereocenters. The third-order valence-electron chi connectivity index (χ3n) is 2.70. The first-order valence-electron chi connectivity index (χ1n) is 6.34. The molecule has 0 radical (unpaired) electrons. The van der Waals surface area contributed by atoms with Crippen LogP contribution >= 0.6 is 0 Å². The minimum absolute atomic E-state index is 0.0352. The molecule has 1 rings (SSSR count). The normalized spacial score (nSPS) is 10.2. The second-order valence-corrected chi connectivity index (χ2v) is 4.32. The molecule has 0 spiro atoms. The van der Waals surface area contributed by atoms with Crippen LogP contribution in [0.3, 0.4) is 0 Å². The van der Waals surface area contributed by atoms with Crippen molar-refractivity contribution < 1.29 is 23.5 Å². The van der Waals surface area contributed by atoms with E-state index in [1.54, 1.807) is 0 Å². The summed E-state index contributed by atoms with van der Waals surface area (Å²) in [5.74, 6) is -2.04. The Morgan fingerprint density at radius 2 is 2.00 bits per heavy atom. The van der Waals surface area contributed by atoms with Gasteiger partial charge >= 0.3 is 11.9 Å². The first-order chi connectivity index (χ1) is 9.45. The van der Waals surface area contributed by atoms with E-state index in [1.807, 2.05) is 6.92 Å². The first-order valence-corrected chi connectivity index (χ1v) is 6.34. The number of carbonyl (C=O) groups is 2. The molecule has 0 saturated heterocycles. The molecule has 0 unspecified atom stereocenters. The molecule has 110 valence electrons. The highest BCUT2D eigenvalue weighted by Crippen LogP contribution is 2.18. The third kappa shape index (κ3) is 4.53. The van der Waals surface area contributed by atoms with E-state index >= 15 is 0 Å². The summed E-state index contributed by atoms with van der Waals surface area (Å²) in [6, 6.07) is 2.33. The Labute approximate surface area is 116 Å². The lowest BCUT2D eigenvalue weighted by Gasteiger charge is -2.08. The van der Waals surface area contributed by atoms with E-state index in [-0.39, 0.29) is 16.8 Å². The summed E-state index contributed by atoms with van der Waals surface area (Å²) in [5.41, 5.74) is 5.94. The summed E-state index contributed by atoms with van der Waals surface area (Å²) >= 11 is 0. The number of nitrogens with two attached hydrogens (primary N) is 1. The second-order valence-electron chi connectivity index (χ2n) is 4.32. The summed E-state index contributed by atoms with van der Waals surface area (Å²) < 4.78 is 23.0. The zero-order chi connectivity index (χ0) is 15.1. The highest BCUT2D eigenvalue weighted by molar-refractivity contribution is 5.92. The zero-order valence-corrected chi connectivity index (χ0v) is 11.6. The summed E-state index contributed by atoms with van der Waals surface area (Å²) in [6.45, 7) is 3.26. The number of nitrogen functional groups attached to an aromatic ring is 1. The number of hydrogen-bond donors (Lipinski definition) is 1. The number of unbranched alkanes of at least 4 members (excludes halogenated alkanes) is 1. The number of rotatable bonds is 6. The molecule has 0 amide bonds. The van der Waals surface area contributed by atoms with Gasteiger partial charge in [-0.15, -0.1) is 0 Å². The molecule has 0 saturated carbocycles. The molecule has 1 aromatic carbocycles. The van der Waals surface area contributed by atoms with Gasteiger partial charge in [-0.2, -0.15) is 0 Å². The lowest BCUT2D eigenvalue weighted by atomic mass is 10.1. The quantitative estimate of drug-likeness (QED) is 0.492. The number of halogens is 1. The first kappa shape index (κ1) is 15.9. The van der Waals surface area contributed by atoms with Crippen LogP contribution in [0.2, 0.25) is 0 Å². The monoisotopic (exact) mass is 283 g/mol. The molecule has 20 heavy (non-hydrogen) atoms.